The monoisotopic (exact) mass is 536 g/mol. The van der Waals surface area contributed by atoms with Gasteiger partial charge in [0.25, 0.3) is 0 Å². The van der Waals surface area contributed by atoms with Gasteiger partial charge < -0.3 is 20.6 Å². The average Bonchev–Trinajstić information content (AvgIpc) is 3.18. The van der Waals surface area contributed by atoms with Gasteiger partial charge in [-0.25, -0.2) is 4.99 Å². The van der Waals surface area contributed by atoms with E-state index in [2.05, 4.69) is 39.9 Å². The fraction of sp³-hybridized carbons (Fsp3) is 0.417. The molecule has 168 valence electrons. The Hall–Kier alpha value is -2.13. The van der Waals surface area contributed by atoms with Crippen molar-refractivity contribution in [1.29, 1.82) is 0 Å². The van der Waals surface area contributed by atoms with E-state index in [4.69, 9.17) is 0 Å². The van der Waals surface area contributed by atoms with Crippen LogP contribution in [-0.4, -0.2) is 41.5 Å². The van der Waals surface area contributed by atoms with Crippen LogP contribution in [0.15, 0.2) is 59.6 Å². The highest BCUT2D eigenvalue weighted by Gasteiger charge is 2.19. The number of carbonyl (C=O) groups excluding carboxylic acids is 1. The molecule has 0 bridgehead atoms. The van der Waals surface area contributed by atoms with Crippen LogP contribution in [-0.2, 0) is 17.9 Å². The van der Waals surface area contributed by atoms with Gasteiger partial charge in [0.15, 0.2) is 5.96 Å². The molecule has 1 saturated heterocycles. The number of aliphatic hydroxyl groups is 1. The van der Waals surface area contributed by atoms with Crippen molar-refractivity contribution < 1.29 is 9.90 Å². The largest absolute Gasteiger partial charge is 0.388 e. The molecule has 0 aromatic heterocycles. The van der Waals surface area contributed by atoms with Crippen molar-refractivity contribution in [2.75, 3.05) is 19.6 Å². The molecule has 3 N–H and O–H groups in total. The summed E-state index contributed by atoms with van der Waals surface area (Å²) in [7, 11) is 0. The molecule has 0 radical (unpaired) electrons. The third-order valence-electron chi connectivity index (χ3n) is 5.23. The predicted octanol–water partition coefficient (Wildman–Crippen LogP) is 3.61. The average molecular weight is 536 g/mol. The van der Waals surface area contributed by atoms with Crippen LogP contribution in [0.3, 0.4) is 0 Å². The maximum absolute atomic E-state index is 11.8. The second-order valence-electron chi connectivity index (χ2n) is 7.57. The SMILES string of the molecule is CCNC(=NCc1ccc(CN2CCCC2=O)cc1)NCCC(O)c1ccccc1.I. The number of benzene rings is 2. The lowest BCUT2D eigenvalue weighted by molar-refractivity contribution is -0.128. The first kappa shape index (κ1) is 25.1. The highest BCUT2D eigenvalue weighted by Crippen LogP contribution is 2.16. The normalized spacial score (nSPS) is 14.8. The number of hydrogen-bond acceptors (Lipinski definition) is 3. The van der Waals surface area contributed by atoms with Crippen molar-refractivity contribution in [3.63, 3.8) is 0 Å². The zero-order valence-corrected chi connectivity index (χ0v) is 20.4. The lowest BCUT2D eigenvalue weighted by Crippen LogP contribution is -2.38. The number of aliphatic imine (C=N–C) groups is 1. The third-order valence-corrected chi connectivity index (χ3v) is 5.23. The Morgan fingerprint density at radius 1 is 1.10 bits per heavy atom. The van der Waals surface area contributed by atoms with Gasteiger partial charge in [-0.3, -0.25) is 4.79 Å². The predicted molar refractivity (Wildman–Crippen MR) is 135 cm³/mol. The van der Waals surface area contributed by atoms with Gasteiger partial charge in [0.05, 0.1) is 12.6 Å². The fourth-order valence-corrected chi connectivity index (χ4v) is 3.52. The number of likely N-dealkylation sites (tertiary alicyclic amines) is 1. The number of amides is 1. The lowest BCUT2D eigenvalue weighted by Gasteiger charge is -2.16. The summed E-state index contributed by atoms with van der Waals surface area (Å²) in [6.07, 6.45) is 1.76. The van der Waals surface area contributed by atoms with Gasteiger partial charge >= 0.3 is 0 Å². The summed E-state index contributed by atoms with van der Waals surface area (Å²) in [5.41, 5.74) is 3.20. The summed E-state index contributed by atoms with van der Waals surface area (Å²) in [6, 6.07) is 18.0. The van der Waals surface area contributed by atoms with E-state index in [0.717, 1.165) is 42.2 Å². The molecule has 6 nitrogen and oxygen atoms in total. The van der Waals surface area contributed by atoms with Crippen LogP contribution in [0.25, 0.3) is 0 Å². The summed E-state index contributed by atoms with van der Waals surface area (Å²) in [4.78, 5) is 18.3. The van der Waals surface area contributed by atoms with Gasteiger partial charge in [-0.2, -0.15) is 0 Å². The molecule has 1 amide bonds. The molecule has 2 aromatic carbocycles. The lowest BCUT2D eigenvalue weighted by atomic mass is 10.1. The number of aliphatic hydroxyl groups excluding tert-OH is 1. The van der Waals surface area contributed by atoms with Gasteiger partial charge in [-0.15, -0.1) is 24.0 Å². The van der Waals surface area contributed by atoms with Crippen LogP contribution in [0.5, 0.6) is 0 Å². The number of rotatable bonds is 9. The Balaban J connectivity index is 0.00000341. The Morgan fingerprint density at radius 2 is 1.81 bits per heavy atom. The van der Waals surface area contributed by atoms with E-state index in [9.17, 15) is 9.90 Å². The molecule has 0 saturated carbocycles. The van der Waals surface area contributed by atoms with Gasteiger partial charge in [0.2, 0.25) is 5.91 Å². The van der Waals surface area contributed by atoms with Gasteiger partial charge in [-0.1, -0.05) is 54.6 Å². The summed E-state index contributed by atoms with van der Waals surface area (Å²) in [5, 5.41) is 16.8. The second-order valence-corrected chi connectivity index (χ2v) is 7.57. The van der Waals surface area contributed by atoms with Crippen molar-refractivity contribution in [3.05, 3.63) is 71.3 Å². The zero-order valence-electron chi connectivity index (χ0n) is 18.1. The number of halogens is 1. The van der Waals surface area contributed by atoms with Crippen molar-refractivity contribution in [3.8, 4) is 0 Å². The van der Waals surface area contributed by atoms with E-state index in [1.165, 1.54) is 0 Å². The van der Waals surface area contributed by atoms with E-state index >= 15 is 0 Å². The molecule has 31 heavy (non-hydrogen) atoms. The number of nitrogens with one attached hydrogen (secondary N) is 2. The minimum atomic E-state index is -0.489. The fourth-order valence-electron chi connectivity index (χ4n) is 3.52. The van der Waals surface area contributed by atoms with Crippen LogP contribution >= 0.6 is 24.0 Å². The molecular weight excluding hydrogens is 503 g/mol. The van der Waals surface area contributed by atoms with E-state index in [1.807, 2.05) is 42.2 Å². The molecule has 0 aliphatic carbocycles. The minimum Gasteiger partial charge on any atom is -0.388 e. The van der Waals surface area contributed by atoms with Crippen molar-refractivity contribution in [2.45, 2.75) is 45.4 Å². The van der Waals surface area contributed by atoms with Crippen LogP contribution in [0.2, 0.25) is 0 Å². The zero-order chi connectivity index (χ0) is 21.2. The van der Waals surface area contributed by atoms with E-state index in [1.54, 1.807) is 0 Å². The molecule has 2 aromatic rings. The van der Waals surface area contributed by atoms with Crippen LogP contribution in [0.1, 0.15) is 49.0 Å². The molecule has 1 fully saturated rings. The Kier molecular flexibility index (Phi) is 10.8. The Morgan fingerprint density at radius 3 is 2.45 bits per heavy atom. The van der Waals surface area contributed by atoms with E-state index in [-0.39, 0.29) is 29.9 Å². The van der Waals surface area contributed by atoms with Crippen molar-refractivity contribution in [2.24, 2.45) is 4.99 Å². The molecule has 1 aliphatic heterocycles. The molecule has 1 atom stereocenters. The molecule has 7 heteroatoms. The third kappa shape index (κ3) is 8.14. The van der Waals surface area contributed by atoms with Gasteiger partial charge in [-0.05, 0) is 36.5 Å². The molecule has 0 spiro atoms. The summed E-state index contributed by atoms with van der Waals surface area (Å²) >= 11 is 0. The highest BCUT2D eigenvalue weighted by molar-refractivity contribution is 14.0. The van der Waals surface area contributed by atoms with Gasteiger partial charge in [0, 0.05) is 32.6 Å². The van der Waals surface area contributed by atoms with Gasteiger partial charge in [0.1, 0.15) is 0 Å². The van der Waals surface area contributed by atoms with Crippen LogP contribution < -0.4 is 10.6 Å². The smallest absolute Gasteiger partial charge is 0.222 e. The standard InChI is InChI=1S/C24H32N4O2.HI/c1-2-25-24(26-15-14-22(29)21-7-4-3-5-8-21)27-17-19-10-12-20(13-11-19)18-28-16-6-9-23(28)30;/h3-5,7-8,10-13,22,29H,2,6,9,14-18H2,1H3,(H2,25,26,27);1H. The van der Waals surface area contributed by atoms with Crippen LogP contribution in [0, 0.1) is 0 Å². The van der Waals surface area contributed by atoms with E-state index < -0.39 is 6.10 Å². The molecule has 3 rings (SSSR count). The maximum Gasteiger partial charge on any atom is 0.222 e. The first-order chi connectivity index (χ1) is 14.7. The summed E-state index contributed by atoms with van der Waals surface area (Å²) < 4.78 is 0. The topological polar surface area (TPSA) is 77.0 Å². The molecule has 1 aliphatic rings. The maximum atomic E-state index is 11.8. The first-order valence-corrected chi connectivity index (χ1v) is 10.8. The van der Waals surface area contributed by atoms with Crippen molar-refractivity contribution in [1.82, 2.24) is 15.5 Å². The molecule has 1 heterocycles. The van der Waals surface area contributed by atoms with Crippen LogP contribution in [0.4, 0.5) is 0 Å². The summed E-state index contributed by atoms with van der Waals surface area (Å²) in [5.74, 6) is 0.993. The number of carbonyl (C=O) groups is 1. The second kappa shape index (κ2) is 13.3. The molecular formula is C24H33IN4O2. The number of guanidine groups is 1. The molecule has 1 unspecified atom stereocenters. The quantitative estimate of drug-likeness (QED) is 0.260. The summed E-state index contributed by atoms with van der Waals surface area (Å²) in [6.45, 7) is 5.56. The highest BCUT2D eigenvalue weighted by atomic mass is 127. The Bertz CT molecular complexity index is 827. The van der Waals surface area contributed by atoms with E-state index in [0.29, 0.717) is 32.5 Å². The minimum absolute atomic E-state index is 0. The first-order valence-electron chi connectivity index (χ1n) is 10.8. The Labute approximate surface area is 202 Å². The number of hydrogen-bond donors (Lipinski definition) is 3. The number of nitrogens with zero attached hydrogens (tertiary/aromatic N) is 2. The van der Waals surface area contributed by atoms with Crippen molar-refractivity contribution >= 4 is 35.8 Å².